The molecule has 1 aliphatic carbocycles. The Kier molecular flexibility index (Phi) is 3.29. The van der Waals surface area contributed by atoms with Gasteiger partial charge in [0.1, 0.15) is 5.82 Å². The molecule has 0 atom stereocenters. The van der Waals surface area contributed by atoms with Crippen molar-refractivity contribution in [2.24, 2.45) is 5.92 Å². The number of carbonyl (C=O) groups is 1. The van der Waals surface area contributed by atoms with Crippen LogP contribution >= 0.6 is 11.6 Å². The van der Waals surface area contributed by atoms with Crippen molar-refractivity contribution in [3.63, 3.8) is 0 Å². The maximum atomic E-state index is 13.8. The number of benzene rings is 1. The summed E-state index contributed by atoms with van der Waals surface area (Å²) < 4.78 is 13.8. The molecule has 0 amide bonds. The van der Waals surface area contributed by atoms with Crippen LogP contribution < -0.4 is 0 Å². The zero-order valence-electron chi connectivity index (χ0n) is 9.22. The number of carbonyl (C=O) groups excluding carboxylic acids is 1. The Labute approximate surface area is 99.6 Å². The molecule has 86 valence electrons. The Morgan fingerprint density at radius 2 is 2.00 bits per heavy atom. The minimum absolute atomic E-state index is 0.00707. The Bertz CT molecular complexity index is 422. The summed E-state index contributed by atoms with van der Waals surface area (Å²) in [5.74, 6) is -0.505. The summed E-state index contributed by atoms with van der Waals surface area (Å²) in [6.45, 7) is 1.63. The molecule has 0 aromatic heterocycles. The molecule has 1 aliphatic rings. The van der Waals surface area contributed by atoms with Gasteiger partial charge in [-0.3, -0.25) is 4.79 Å². The van der Waals surface area contributed by atoms with E-state index in [0.717, 1.165) is 25.7 Å². The summed E-state index contributed by atoms with van der Waals surface area (Å²) in [5, 5.41) is 0.431. The zero-order valence-corrected chi connectivity index (χ0v) is 9.98. The molecule has 0 saturated heterocycles. The molecule has 1 saturated carbocycles. The van der Waals surface area contributed by atoms with E-state index in [9.17, 15) is 9.18 Å². The van der Waals surface area contributed by atoms with Gasteiger partial charge >= 0.3 is 0 Å². The molecule has 0 aliphatic heterocycles. The molecular formula is C13H14ClFO. The van der Waals surface area contributed by atoms with Crippen molar-refractivity contribution in [1.82, 2.24) is 0 Å². The van der Waals surface area contributed by atoms with Gasteiger partial charge in [0.05, 0.1) is 5.56 Å². The van der Waals surface area contributed by atoms with E-state index in [4.69, 9.17) is 11.6 Å². The normalized spacial score (nSPS) is 16.7. The van der Waals surface area contributed by atoms with Crippen LogP contribution in [0.25, 0.3) is 0 Å². The average molecular weight is 241 g/mol. The van der Waals surface area contributed by atoms with Gasteiger partial charge in [-0.1, -0.05) is 24.4 Å². The van der Waals surface area contributed by atoms with E-state index in [2.05, 4.69) is 0 Å². The second-order valence-electron chi connectivity index (χ2n) is 4.43. The van der Waals surface area contributed by atoms with E-state index in [1.165, 1.54) is 6.07 Å². The van der Waals surface area contributed by atoms with Gasteiger partial charge in [0.2, 0.25) is 0 Å². The fourth-order valence-corrected chi connectivity index (χ4v) is 2.59. The van der Waals surface area contributed by atoms with E-state index in [-0.39, 0.29) is 17.3 Å². The first kappa shape index (κ1) is 11.6. The Morgan fingerprint density at radius 3 is 2.62 bits per heavy atom. The van der Waals surface area contributed by atoms with Crippen LogP contribution in [-0.2, 0) is 0 Å². The van der Waals surface area contributed by atoms with Crippen LogP contribution in [0, 0.1) is 18.7 Å². The molecule has 0 N–H and O–H groups in total. The molecule has 1 aromatic carbocycles. The highest BCUT2D eigenvalue weighted by atomic mass is 35.5. The molecule has 0 unspecified atom stereocenters. The van der Waals surface area contributed by atoms with Crippen LogP contribution in [0.1, 0.15) is 41.6 Å². The van der Waals surface area contributed by atoms with Crippen molar-refractivity contribution < 1.29 is 9.18 Å². The smallest absolute Gasteiger partial charge is 0.168 e. The highest BCUT2D eigenvalue weighted by Gasteiger charge is 2.26. The van der Waals surface area contributed by atoms with Gasteiger partial charge in [-0.15, -0.1) is 0 Å². The zero-order chi connectivity index (χ0) is 11.7. The number of Topliss-reactive ketones (excluding diaryl/α,β-unsaturated/α-hetero) is 1. The third-order valence-electron chi connectivity index (χ3n) is 3.21. The van der Waals surface area contributed by atoms with Crippen molar-refractivity contribution in [2.75, 3.05) is 0 Å². The van der Waals surface area contributed by atoms with Gasteiger partial charge < -0.3 is 0 Å². The predicted molar refractivity (Wildman–Crippen MR) is 62.4 cm³/mol. The summed E-state index contributed by atoms with van der Waals surface area (Å²) in [5.41, 5.74) is 0.603. The first-order chi connectivity index (χ1) is 7.59. The lowest BCUT2D eigenvalue weighted by Gasteiger charge is -2.10. The van der Waals surface area contributed by atoms with Crippen molar-refractivity contribution in [3.8, 4) is 0 Å². The predicted octanol–water partition coefficient (Wildman–Crippen LogP) is 4.16. The number of halogens is 2. The maximum absolute atomic E-state index is 13.8. The van der Waals surface area contributed by atoms with Crippen molar-refractivity contribution in [2.45, 2.75) is 32.6 Å². The highest BCUT2D eigenvalue weighted by molar-refractivity contribution is 6.31. The lowest BCUT2D eigenvalue weighted by Crippen LogP contribution is -2.13. The Morgan fingerprint density at radius 1 is 1.38 bits per heavy atom. The first-order valence-corrected chi connectivity index (χ1v) is 5.97. The minimum atomic E-state index is -0.415. The number of hydrogen-bond acceptors (Lipinski definition) is 1. The van der Waals surface area contributed by atoms with Gasteiger partial charge in [-0.2, -0.15) is 0 Å². The van der Waals surface area contributed by atoms with Gasteiger partial charge in [-0.05, 0) is 37.5 Å². The third-order valence-corrected chi connectivity index (χ3v) is 3.43. The second kappa shape index (κ2) is 4.54. The van der Waals surface area contributed by atoms with Crippen LogP contribution in [0.15, 0.2) is 12.1 Å². The third kappa shape index (κ3) is 2.12. The molecular weight excluding hydrogens is 227 g/mol. The summed E-state index contributed by atoms with van der Waals surface area (Å²) in [6.07, 6.45) is 3.89. The van der Waals surface area contributed by atoms with E-state index in [0.29, 0.717) is 10.6 Å². The summed E-state index contributed by atoms with van der Waals surface area (Å²) in [6, 6.07) is 2.99. The number of rotatable bonds is 2. The number of ketones is 1. The minimum Gasteiger partial charge on any atom is -0.294 e. The summed E-state index contributed by atoms with van der Waals surface area (Å²) in [4.78, 5) is 12.1. The fraction of sp³-hybridized carbons (Fsp3) is 0.462. The molecule has 3 heteroatoms. The van der Waals surface area contributed by atoms with Gasteiger partial charge in [0, 0.05) is 10.9 Å². The first-order valence-electron chi connectivity index (χ1n) is 5.59. The highest BCUT2D eigenvalue weighted by Crippen LogP contribution is 2.30. The molecule has 0 spiro atoms. The molecule has 16 heavy (non-hydrogen) atoms. The van der Waals surface area contributed by atoms with Crippen molar-refractivity contribution >= 4 is 17.4 Å². The SMILES string of the molecule is Cc1cc(Cl)cc(C(=O)C2CCCC2)c1F. The largest absolute Gasteiger partial charge is 0.294 e. The Hall–Kier alpha value is -0.890. The molecule has 1 nitrogen and oxygen atoms in total. The standard InChI is InChI=1S/C13H14ClFO/c1-8-6-10(14)7-11(12(8)15)13(16)9-4-2-3-5-9/h6-7,9H,2-5H2,1H3. The molecule has 0 heterocycles. The quantitative estimate of drug-likeness (QED) is 0.710. The maximum Gasteiger partial charge on any atom is 0.168 e. The number of aryl methyl sites for hydroxylation is 1. The van der Waals surface area contributed by atoms with Gasteiger partial charge in [0.25, 0.3) is 0 Å². The van der Waals surface area contributed by atoms with E-state index in [1.54, 1.807) is 13.0 Å². The van der Waals surface area contributed by atoms with E-state index in [1.807, 2.05) is 0 Å². The summed E-state index contributed by atoms with van der Waals surface area (Å²) >= 11 is 5.85. The van der Waals surface area contributed by atoms with Crippen molar-refractivity contribution in [1.29, 1.82) is 0 Å². The van der Waals surface area contributed by atoms with Crippen LogP contribution in [0.3, 0.4) is 0 Å². The molecule has 1 aromatic rings. The van der Waals surface area contributed by atoms with Gasteiger partial charge in [-0.25, -0.2) is 4.39 Å². The van der Waals surface area contributed by atoms with E-state index >= 15 is 0 Å². The molecule has 1 fully saturated rings. The summed E-state index contributed by atoms with van der Waals surface area (Å²) in [7, 11) is 0. The lowest BCUT2D eigenvalue weighted by molar-refractivity contribution is 0.0918. The monoisotopic (exact) mass is 240 g/mol. The average Bonchev–Trinajstić information content (AvgIpc) is 2.75. The molecule has 0 bridgehead atoms. The molecule has 2 rings (SSSR count). The van der Waals surface area contributed by atoms with E-state index < -0.39 is 5.82 Å². The number of hydrogen-bond donors (Lipinski definition) is 0. The molecule has 0 radical (unpaired) electrons. The fourth-order valence-electron chi connectivity index (χ4n) is 2.31. The van der Waals surface area contributed by atoms with Crippen LogP contribution in [0.2, 0.25) is 5.02 Å². The van der Waals surface area contributed by atoms with Gasteiger partial charge in [0.15, 0.2) is 5.78 Å². The second-order valence-corrected chi connectivity index (χ2v) is 4.87. The Balaban J connectivity index is 2.35. The van der Waals surface area contributed by atoms with Crippen LogP contribution in [-0.4, -0.2) is 5.78 Å². The van der Waals surface area contributed by atoms with Crippen molar-refractivity contribution in [3.05, 3.63) is 34.1 Å². The van der Waals surface area contributed by atoms with Crippen LogP contribution in [0.5, 0.6) is 0 Å². The topological polar surface area (TPSA) is 17.1 Å². The van der Waals surface area contributed by atoms with Crippen LogP contribution in [0.4, 0.5) is 4.39 Å². The lowest BCUT2D eigenvalue weighted by atomic mass is 9.95.